The number of para-hydroxylation sites is 1. The monoisotopic (exact) mass is 476 g/mol. The number of benzene rings is 2. The summed E-state index contributed by atoms with van der Waals surface area (Å²) in [4.78, 5) is 5.73. The molecule has 3 N–H and O–H groups in total. The molecular formula is C22H25FN4O3S2. The largest absolute Gasteiger partial charge is 0.508 e. The molecule has 1 aliphatic rings. The van der Waals surface area contributed by atoms with Gasteiger partial charge in [-0.25, -0.2) is 17.8 Å². The minimum Gasteiger partial charge on any atom is -0.508 e. The minimum atomic E-state index is -4.12. The highest BCUT2D eigenvalue weighted by atomic mass is 32.2. The number of sulfonamides is 1. The number of phenols is 1. The zero-order valence-electron chi connectivity index (χ0n) is 17.8. The Labute approximate surface area is 191 Å². The van der Waals surface area contributed by atoms with Crippen molar-refractivity contribution in [2.75, 3.05) is 30.2 Å². The van der Waals surface area contributed by atoms with E-state index < -0.39 is 20.7 Å². The van der Waals surface area contributed by atoms with Crippen LogP contribution in [0, 0.1) is 12.7 Å². The molecule has 7 nitrogen and oxygen atoms in total. The molecule has 170 valence electrons. The SMILES string of the molecule is CNc1c(F)c(S(=O)(=O)Nc2cscn2)cc(C)c1[C@@H]1CCN(Cc2ccccc2O)C1. The first-order valence-corrected chi connectivity index (χ1v) is 12.6. The van der Waals surface area contributed by atoms with Gasteiger partial charge in [0, 0.05) is 37.0 Å². The number of aryl methyl sites for hydroxylation is 1. The Morgan fingerprint density at radius 1 is 1.34 bits per heavy atom. The lowest BCUT2D eigenvalue weighted by molar-refractivity contribution is 0.320. The molecule has 0 spiro atoms. The third-order valence-corrected chi connectivity index (χ3v) is 7.69. The lowest BCUT2D eigenvalue weighted by Crippen LogP contribution is -2.21. The van der Waals surface area contributed by atoms with Gasteiger partial charge in [-0.05, 0) is 43.1 Å². The van der Waals surface area contributed by atoms with Gasteiger partial charge in [-0.1, -0.05) is 18.2 Å². The Kier molecular flexibility index (Phi) is 6.36. The lowest BCUT2D eigenvalue weighted by atomic mass is 9.92. The second-order valence-electron chi connectivity index (χ2n) is 7.87. The molecule has 1 atom stereocenters. The Morgan fingerprint density at radius 2 is 2.12 bits per heavy atom. The van der Waals surface area contributed by atoms with E-state index in [0.29, 0.717) is 18.7 Å². The standard InChI is InChI=1S/C22H25FN4O3S2/c1-14-9-18(32(29,30)26-19-12-31-13-25-19)21(23)22(24-2)20(14)16-7-8-27(11-16)10-15-5-3-4-6-17(15)28/h3-6,9,12-13,16,24,26,28H,7-8,10-11H2,1-2H3/t16-/m1/s1. The number of hydrogen-bond acceptors (Lipinski definition) is 7. The maximum atomic E-state index is 15.4. The molecule has 0 saturated carbocycles. The predicted octanol–water partition coefficient (Wildman–Crippen LogP) is 4.13. The van der Waals surface area contributed by atoms with Gasteiger partial charge in [-0.3, -0.25) is 9.62 Å². The molecule has 32 heavy (non-hydrogen) atoms. The van der Waals surface area contributed by atoms with Gasteiger partial charge in [-0.15, -0.1) is 11.3 Å². The molecule has 0 radical (unpaired) electrons. The van der Waals surface area contributed by atoms with Crippen LogP contribution in [0.2, 0.25) is 0 Å². The summed E-state index contributed by atoms with van der Waals surface area (Å²) >= 11 is 1.25. The first-order chi connectivity index (χ1) is 15.3. The van der Waals surface area contributed by atoms with E-state index in [4.69, 9.17) is 0 Å². The number of aromatic nitrogens is 1. The fourth-order valence-electron chi connectivity index (χ4n) is 4.30. The number of thiazole rings is 1. The van der Waals surface area contributed by atoms with E-state index >= 15 is 4.39 Å². The van der Waals surface area contributed by atoms with Gasteiger partial charge in [0.25, 0.3) is 10.0 Å². The van der Waals surface area contributed by atoms with Gasteiger partial charge in [0.1, 0.15) is 10.6 Å². The van der Waals surface area contributed by atoms with Crippen LogP contribution in [0.25, 0.3) is 0 Å². The summed E-state index contributed by atoms with van der Waals surface area (Å²) in [7, 11) is -2.53. The van der Waals surface area contributed by atoms with Crippen LogP contribution in [0.3, 0.4) is 0 Å². The highest BCUT2D eigenvalue weighted by Crippen LogP contribution is 2.39. The molecule has 2 heterocycles. The summed E-state index contributed by atoms with van der Waals surface area (Å²) in [5.41, 5.74) is 4.06. The van der Waals surface area contributed by atoms with E-state index in [1.165, 1.54) is 22.9 Å². The molecule has 10 heteroatoms. The van der Waals surface area contributed by atoms with Gasteiger partial charge in [0.2, 0.25) is 0 Å². The smallest absolute Gasteiger partial charge is 0.266 e. The highest BCUT2D eigenvalue weighted by molar-refractivity contribution is 7.92. The average molecular weight is 477 g/mol. The van der Waals surface area contributed by atoms with Crippen LogP contribution in [0.1, 0.15) is 29.0 Å². The Hall–Kier alpha value is -2.69. The molecule has 0 aliphatic carbocycles. The number of aromatic hydroxyl groups is 1. The second kappa shape index (κ2) is 9.05. The maximum absolute atomic E-state index is 15.4. The molecule has 0 unspecified atom stereocenters. The van der Waals surface area contributed by atoms with Gasteiger partial charge in [0.15, 0.2) is 11.6 Å². The van der Waals surface area contributed by atoms with Crippen LogP contribution in [0.15, 0.2) is 46.1 Å². The highest BCUT2D eigenvalue weighted by Gasteiger charge is 2.32. The predicted molar refractivity (Wildman–Crippen MR) is 124 cm³/mol. The maximum Gasteiger partial charge on any atom is 0.266 e. The molecule has 1 aliphatic heterocycles. The first-order valence-electron chi connectivity index (χ1n) is 10.2. The van der Waals surface area contributed by atoms with Crippen LogP contribution >= 0.6 is 11.3 Å². The van der Waals surface area contributed by atoms with Gasteiger partial charge in [0.05, 0.1) is 11.2 Å². The van der Waals surface area contributed by atoms with E-state index in [-0.39, 0.29) is 23.2 Å². The molecule has 1 saturated heterocycles. The Bertz CT molecular complexity index is 1220. The number of likely N-dealkylation sites (tertiary alicyclic amines) is 1. The fraction of sp³-hybridized carbons (Fsp3) is 0.318. The van der Waals surface area contributed by atoms with Crippen molar-refractivity contribution in [3.63, 3.8) is 0 Å². The van der Waals surface area contributed by atoms with Crippen molar-refractivity contribution in [3.05, 3.63) is 63.7 Å². The number of rotatable bonds is 7. The second-order valence-corrected chi connectivity index (χ2v) is 10.2. The van der Waals surface area contributed by atoms with Gasteiger partial charge >= 0.3 is 0 Å². The fourth-order valence-corrected chi connectivity index (χ4v) is 6.02. The summed E-state index contributed by atoms with van der Waals surface area (Å²) in [6.45, 7) is 3.90. The third kappa shape index (κ3) is 4.43. The molecule has 0 bridgehead atoms. The van der Waals surface area contributed by atoms with E-state index in [0.717, 1.165) is 24.1 Å². The van der Waals surface area contributed by atoms with Crippen molar-refractivity contribution < 1.29 is 17.9 Å². The van der Waals surface area contributed by atoms with Crippen LogP contribution < -0.4 is 10.0 Å². The van der Waals surface area contributed by atoms with Gasteiger partial charge < -0.3 is 10.4 Å². The van der Waals surface area contributed by atoms with E-state index in [1.54, 1.807) is 24.6 Å². The van der Waals surface area contributed by atoms with Crippen molar-refractivity contribution >= 4 is 32.9 Å². The summed E-state index contributed by atoms with van der Waals surface area (Å²) in [5.74, 6) is -0.329. The van der Waals surface area contributed by atoms with E-state index in [2.05, 4.69) is 19.9 Å². The molecule has 3 aromatic rings. The number of nitrogens with one attached hydrogen (secondary N) is 2. The van der Waals surface area contributed by atoms with Gasteiger partial charge in [-0.2, -0.15) is 0 Å². The van der Waals surface area contributed by atoms with Crippen LogP contribution in [-0.2, 0) is 16.6 Å². The van der Waals surface area contributed by atoms with E-state index in [1.807, 2.05) is 19.1 Å². The number of phenolic OH excluding ortho intramolecular Hbond substituents is 1. The molecule has 1 fully saturated rings. The summed E-state index contributed by atoms with van der Waals surface area (Å²) in [6.07, 6.45) is 0.811. The van der Waals surface area contributed by atoms with E-state index in [9.17, 15) is 13.5 Å². The zero-order valence-corrected chi connectivity index (χ0v) is 19.4. The molecule has 2 aromatic carbocycles. The van der Waals surface area contributed by atoms with Crippen LogP contribution in [0.4, 0.5) is 15.9 Å². The number of hydrogen-bond donors (Lipinski definition) is 3. The quantitative estimate of drug-likeness (QED) is 0.475. The molecule has 0 amide bonds. The van der Waals surface area contributed by atoms with Crippen molar-refractivity contribution in [1.29, 1.82) is 0 Å². The Balaban J connectivity index is 1.61. The first kappa shape index (κ1) is 22.5. The number of anilines is 2. The Morgan fingerprint density at radius 3 is 2.81 bits per heavy atom. The van der Waals surface area contributed by atoms with Crippen LogP contribution in [0.5, 0.6) is 5.75 Å². The lowest BCUT2D eigenvalue weighted by Gasteiger charge is -2.22. The summed E-state index contributed by atoms with van der Waals surface area (Å²) in [6, 6.07) is 8.63. The number of halogens is 1. The molecule has 1 aromatic heterocycles. The normalized spacial score (nSPS) is 16.9. The topological polar surface area (TPSA) is 94.6 Å². The van der Waals surface area contributed by atoms with Crippen molar-refractivity contribution in [2.45, 2.75) is 30.7 Å². The summed E-state index contributed by atoms with van der Waals surface area (Å²) < 4.78 is 43.4. The average Bonchev–Trinajstić information content (AvgIpc) is 3.42. The summed E-state index contributed by atoms with van der Waals surface area (Å²) in [5, 5.41) is 14.5. The minimum absolute atomic E-state index is 0.0426. The van der Waals surface area contributed by atoms with Crippen LogP contribution in [-0.4, -0.2) is 43.5 Å². The third-order valence-electron chi connectivity index (χ3n) is 5.75. The van der Waals surface area contributed by atoms with Crippen molar-refractivity contribution in [2.24, 2.45) is 0 Å². The number of nitrogens with zero attached hydrogens (tertiary/aromatic N) is 2. The molecular weight excluding hydrogens is 451 g/mol. The zero-order chi connectivity index (χ0) is 22.9. The van der Waals surface area contributed by atoms with Crippen molar-refractivity contribution in [1.82, 2.24) is 9.88 Å². The van der Waals surface area contributed by atoms with Crippen molar-refractivity contribution in [3.8, 4) is 5.75 Å². The molecule has 4 rings (SSSR count).